The Bertz CT molecular complexity index is 1210. The molecular weight excluding hydrogens is 366 g/mol. The van der Waals surface area contributed by atoms with E-state index in [0.29, 0.717) is 5.56 Å². The van der Waals surface area contributed by atoms with Gasteiger partial charge < -0.3 is 4.98 Å². The van der Waals surface area contributed by atoms with Crippen LogP contribution in [0.1, 0.15) is 16.7 Å². The predicted octanol–water partition coefficient (Wildman–Crippen LogP) is 4.12. The molecule has 0 aliphatic rings. The van der Waals surface area contributed by atoms with E-state index in [0.717, 1.165) is 22.5 Å². The lowest BCUT2D eigenvalue weighted by molar-refractivity contribution is 0.982. The molecule has 0 fully saturated rings. The highest BCUT2D eigenvalue weighted by Gasteiger charge is 2.01. The molecule has 0 saturated heterocycles. The molecule has 0 spiro atoms. The molecule has 0 atom stereocenters. The van der Waals surface area contributed by atoms with Gasteiger partial charge in [-0.3, -0.25) is 14.5 Å². The second-order valence-corrected chi connectivity index (χ2v) is 7.06. The molecule has 0 radical (unpaired) electrons. The summed E-state index contributed by atoms with van der Waals surface area (Å²) in [4.78, 5) is 19.7. The third kappa shape index (κ3) is 4.32. The van der Waals surface area contributed by atoms with Crippen molar-refractivity contribution in [3.63, 3.8) is 0 Å². The van der Waals surface area contributed by atoms with Gasteiger partial charge in [-0.25, -0.2) is 0 Å². The van der Waals surface area contributed by atoms with Crippen molar-refractivity contribution in [1.82, 2.24) is 14.7 Å². The summed E-state index contributed by atoms with van der Waals surface area (Å²) in [5.74, 6) is 5.93. The largest absolute Gasteiger partial charge is 0.328 e. The van der Waals surface area contributed by atoms with E-state index in [-0.39, 0.29) is 5.56 Å². The highest BCUT2D eigenvalue weighted by Crippen LogP contribution is 2.19. The first kappa shape index (κ1) is 18.1. The number of aromatic nitrogens is 2. The molecule has 0 aliphatic carbocycles. The van der Waals surface area contributed by atoms with Gasteiger partial charge in [-0.1, -0.05) is 30.0 Å². The molecule has 4 aromatic rings. The summed E-state index contributed by atoms with van der Waals surface area (Å²) in [5.41, 5.74) is 3.38. The van der Waals surface area contributed by atoms with Gasteiger partial charge in [0.05, 0.1) is 11.1 Å². The van der Waals surface area contributed by atoms with E-state index in [2.05, 4.69) is 32.6 Å². The summed E-state index contributed by atoms with van der Waals surface area (Å²) in [6.45, 7) is 0.742. The van der Waals surface area contributed by atoms with Crippen LogP contribution in [-0.2, 0) is 6.54 Å². The van der Waals surface area contributed by atoms with Crippen LogP contribution in [0.3, 0.4) is 0 Å². The molecule has 0 saturated carbocycles. The van der Waals surface area contributed by atoms with Gasteiger partial charge in [-0.2, -0.15) is 0 Å². The average molecular weight is 383 g/mol. The second-order valence-electron chi connectivity index (χ2n) is 6.10. The number of rotatable bonds is 4. The maximum atomic E-state index is 11.6. The Kier molecular flexibility index (Phi) is 5.53. The number of nitrogens with one attached hydrogen (secondary N) is 2. The van der Waals surface area contributed by atoms with Gasteiger partial charge in [-0.15, -0.1) is 0 Å². The Morgan fingerprint density at radius 1 is 0.964 bits per heavy atom. The third-order valence-corrected chi connectivity index (χ3v) is 5.00. The van der Waals surface area contributed by atoms with Crippen molar-refractivity contribution in [2.45, 2.75) is 11.4 Å². The maximum absolute atomic E-state index is 11.6. The lowest BCUT2D eigenvalue weighted by Crippen LogP contribution is -2.07. The summed E-state index contributed by atoms with van der Waals surface area (Å²) in [6.07, 6.45) is 3.44. The summed E-state index contributed by atoms with van der Waals surface area (Å²) in [6, 6.07) is 21.6. The molecule has 2 aromatic carbocycles. The Morgan fingerprint density at radius 2 is 1.82 bits per heavy atom. The van der Waals surface area contributed by atoms with Crippen molar-refractivity contribution in [2.75, 3.05) is 0 Å². The van der Waals surface area contributed by atoms with Crippen molar-refractivity contribution in [3.05, 3.63) is 106 Å². The van der Waals surface area contributed by atoms with Crippen molar-refractivity contribution < 1.29 is 0 Å². The molecular formula is C23H17N3OS. The number of nitrogens with zero attached hydrogens (tertiary/aromatic N) is 1. The predicted molar refractivity (Wildman–Crippen MR) is 114 cm³/mol. The quantitative estimate of drug-likeness (QED) is 0.411. The van der Waals surface area contributed by atoms with Crippen LogP contribution in [-0.4, -0.2) is 9.97 Å². The number of fused-ring (bicyclic) bond motifs is 1. The lowest BCUT2D eigenvalue weighted by Gasteiger charge is -2.07. The zero-order valence-electron chi connectivity index (χ0n) is 15.0. The summed E-state index contributed by atoms with van der Waals surface area (Å²) in [7, 11) is 0. The molecule has 136 valence electrons. The molecule has 2 aromatic heterocycles. The van der Waals surface area contributed by atoms with Crippen molar-refractivity contribution in [3.8, 4) is 11.8 Å². The van der Waals surface area contributed by atoms with Crippen LogP contribution in [0.15, 0.2) is 88.8 Å². The molecule has 0 aliphatic heterocycles. The van der Waals surface area contributed by atoms with Crippen LogP contribution < -0.4 is 10.3 Å². The van der Waals surface area contributed by atoms with Gasteiger partial charge in [0, 0.05) is 34.8 Å². The number of H-pyrrole nitrogens is 1. The lowest BCUT2D eigenvalue weighted by atomic mass is 10.1. The van der Waals surface area contributed by atoms with Crippen molar-refractivity contribution in [1.29, 1.82) is 0 Å². The van der Waals surface area contributed by atoms with Crippen LogP contribution in [0, 0.1) is 11.8 Å². The van der Waals surface area contributed by atoms with E-state index in [1.807, 2.05) is 54.7 Å². The van der Waals surface area contributed by atoms with E-state index in [1.165, 1.54) is 10.9 Å². The second kappa shape index (κ2) is 8.57. The van der Waals surface area contributed by atoms with Crippen LogP contribution in [0.4, 0.5) is 0 Å². The van der Waals surface area contributed by atoms with Crippen LogP contribution in [0.25, 0.3) is 10.9 Å². The summed E-state index contributed by atoms with van der Waals surface area (Å²) in [5, 5.41) is 1.17. The number of hydrogen-bond acceptors (Lipinski definition) is 4. The maximum Gasteiger partial charge on any atom is 0.263 e. The number of aromatic amines is 1. The normalized spacial score (nSPS) is 10.4. The van der Waals surface area contributed by atoms with E-state index in [1.54, 1.807) is 30.3 Å². The van der Waals surface area contributed by atoms with Gasteiger partial charge >= 0.3 is 0 Å². The van der Waals surface area contributed by atoms with Crippen molar-refractivity contribution in [2.24, 2.45) is 0 Å². The fourth-order valence-corrected chi connectivity index (χ4v) is 3.44. The standard InChI is InChI=1S/C23H17N3OS/c27-23-18(4-3-14-25-23)10-7-17-8-11-20(12-9-17)28-26-16-19-13-15-24-22-6-2-1-5-21(19)22/h1-6,8-9,11-15,26H,16H2,(H,25,27). The first-order valence-corrected chi connectivity index (χ1v) is 9.63. The summed E-state index contributed by atoms with van der Waals surface area (Å²) >= 11 is 1.58. The molecule has 4 nitrogen and oxygen atoms in total. The molecule has 4 rings (SSSR count). The Morgan fingerprint density at radius 3 is 2.68 bits per heavy atom. The molecule has 0 unspecified atom stereocenters. The van der Waals surface area contributed by atoms with Gasteiger partial charge in [-0.05, 0) is 66.0 Å². The molecule has 5 heteroatoms. The Labute approximate surface area is 167 Å². The van der Waals surface area contributed by atoms with Gasteiger partial charge in [0.25, 0.3) is 5.56 Å². The Balaban J connectivity index is 1.39. The summed E-state index contributed by atoms with van der Waals surface area (Å²) < 4.78 is 3.40. The number of para-hydroxylation sites is 1. The van der Waals surface area contributed by atoms with E-state index >= 15 is 0 Å². The minimum Gasteiger partial charge on any atom is -0.328 e. The Hall–Kier alpha value is -3.33. The SMILES string of the molecule is O=c1[nH]cccc1C#Cc1ccc(SNCc2ccnc3ccccc23)cc1. The molecule has 2 N–H and O–H groups in total. The average Bonchev–Trinajstić information content (AvgIpc) is 2.74. The number of pyridine rings is 2. The molecule has 0 amide bonds. The van der Waals surface area contributed by atoms with Crippen molar-refractivity contribution >= 4 is 22.9 Å². The minimum atomic E-state index is -0.171. The highest BCUT2D eigenvalue weighted by molar-refractivity contribution is 7.97. The molecule has 0 bridgehead atoms. The topological polar surface area (TPSA) is 57.8 Å². The highest BCUT2D eigenvalue weighted by atomic mass is 32.2. The number of benzene rings is 2. The fraction of sp³-hybridized carbons (Fsp3) is 0.0435. The van der Waals surface area contributed by atoms with E-state index in [4.69, 9.17) is 0 Å². The van der Waals surface area contributed by atoms with Gasteiger partial charge in [0.1, 0.15) is 0 Å². The van der Waals surface area contributed by atoms with Crippen LogP contribution in [0.5, 0.6) is 0 Å². The minimum absolute atomic E-state index is 0.171. The van der Waals surface area contributed by atoms with E-state index < -0.39 is 0 Å². The fourth-order valence-electron chi connectivity index (χ4n) is 2.77. The monoisotopic (exact) mass is 383 g/mol. The third-order valence-electron chi connectivity index (χ3n) is 4.21. The number of hydrogen-bond donors (Lipinski definition) is 2. The molecule has 2 heterocycles. The zero-order chi connectivity index (χ0) is 19.2. The van der Waals surface area contributed by atoms with Gasteiger partial charge in [0.15, 0.2) is 0 Å². The van der Waals surface area contributed by atoms with Crippen LogP contribution >= 0.6 is 11.9 Å². The van der Waals surface area contributed by atoms with Gasteiger partial charge in [0.2, 0.25) is 0 Å². The molecule has 28 heavy (non-hydrogen) atoms. The zero-order valence-corrected chi connectivity index (χ0v) is 15.8. The van der Waals surface area contributed by atoms with Crippen LogP contribution in [0.2, 0.25) is 0 Å². The van der Waals surface area contributed by atoms with E-state index in [9.17, 15) is 4.79 Å². The first-order chi connectivity index (χ1) is 13.8. The first-order valence-electron chi connectivity index (χ1n) is 8.82. The smallest absolute Gasteiger partial charge is 0.263 e.